The highest BCUT2D eigenvalue weighted by molar-refractivity contribution is 5.57. The molecule has 0 aliphatic carbocycles. The third kappa shape index (κ3) is 2.09. The van der Waals surface area contributed by atoms with Crippen molar-refractivity contribution in [3.05, 3.63) is 42.4 Å². The zero-order chi connectivity index (χ0) is 10.9. The van der Waals surface area contributed by atoms with Crippen molar-refractivity contribution in [2.45, 2.75) is 26.2 Å². The molecule has 0 saturated heterocycles. The van der Waals surface area contributed by atoms with Gasteiger partial charge < -0.3 is 4.42 Å². The SMILES string of the molecule is CC(C)(C)c1cccc(-c2cnco2)c1. The molecule has 1 aromatic heterocycles. The van der Waals surface area contributed by atoms with Crippen LogP contribution in [-0.2, 0) is 5.41 Å². The van der Waals surface area contributed by atoms with Crippen LogP contribution in [0.2, 0.25) is 0 Å². The summed E-state index contributed by atoms with van der Waals surface area (Å²) in [4.78, 5) is 3.92. The van der Waals surface area contributed by atoms with Crippen molar-refractivity contribution in [3.8, 4) is 11.3 Å². The normalized spacial score (nSPS) is 11.7. The van der Waals surface area contributed by atoms with E-state index in [1.807, 2.05) is 6.07 Å². The summed E-state index contributed by atoms with van der Waals surface area (Å²) in [5, 5.41) is 0. The molecule has 2 rings (SSSR count). The van der Waals surface area contributed by atoms with Gasteiger partial charge in [-0.3, -0.25) is 0 Å². The van der Waals surface area contributed by atoms with Crippen LogP contribution in [0.25, 0.3) is 11.3 Å². The lowest BCUT2D eigenvalue weighted by atomic mass is 9.86. The number of rotatable bonds is 1. The standard InChI is InChI=1S/C13H15NO/c1-13(2,3)11-6-4-5-10(7-11)12-8-14-9-15-12/h4-9H,1-3H3. The largest absolute Gasteiger partial charge is 0.444 e. The van der Waals surface area contributed by atoms with Crippen LogP contribution in [0.5, 0.6) is 0 Å². The smallest absolute Gasteiger partial charge is 0.181 e. The molecule has 0 atom stereocenters. The minimum absolute atomic E-state index is 0.163. The lowest BCUT2D eigenvalue weighted by Gasteiger charge is -2.19. The quantitative estimate of drug-likeness (QED) is 0.704. The Kier molecular flexibility index (Phi) is 2.35. The molecular weight excluding hydrogens is 186 g/mol. The van der Waals surface area contributed by atoms with Crippen molar-refractivity contribution in [2.75, 3.05) is 0 Å². The van der Waals surface area contributed by atoms with E-state index in [0.717, 1.165) is 11.3 Å². The average molecular weight is 201 g/mol. The van der Waals surface area contributed by atoms with Gasteiger partial charge in [0.1, 0.15) is 0 Å². The van der Waals surface area contributed by atoms with E-state index in [1.54, 1.807) is 6.20 Å². The van der Waals surface area contributed by atoms with Crippen molar-refractivity contribution in [3.63, 3.8) is 0 Å². The first-order valence-electron chi connectivity index (χ1n) is 5.07. The molecule has 2 nitrogen and oxygen atoms in total. The van der Waals surface area contributed by atoms with Crippen LogP contribution in [0.1, 0.15) is 26.3 Å². The Morgan fingerprint density at radius 2 is 2.00 bits per heavy atom. The van der Waals surface area contributed by atoms with E-state index >= 15 is 0 Å². The van der Waals surface area contributed by atoms with E-state index in [-0.39, 0.29) is 5.41 Å². The van der Waals surface area contributed by atoms with Gasteiger partial charge in [-0.1, -0.05) is 39.0 Å². The monoisotopic (exact) mass is 201 g/mol. The number of oxazole rings is 1. The zero-order valence-electron chi connectivity index (χ0n) is 9.32. The summed E-state index contributed by atoms with van der Waals surface area (Å²) in [5.74, 6) is 0.820. The lowest BCUT2D eigenvalue weighted by Crippen LogP contribution is -2.10. The minimum Gasteiger partial charge on any atom is -0.444 e. The Morgan fingerprint density at radius 1 is 1.20 bits per heavy atom. The van der Waals surface area contributed by atoms with E-state index < -0.39 is 0 Å². The second-order valence-corrected chi connectivity index (χ2v) is 4.70. The Morgan fingerprint density at radius 3 is 2.60 bits per heavy atom. The number of hydrogen-bond donors (Lipinski definition) is 0. The predicted molar refractivity (Wildman–Crippen MR) is 60.6 cm³/mol. The highest BCUT2D eigenvalue weighted by atomic mass is 16.3. The van der Waals surface area contributed by atoms with Crippen LogP contribution < -0.4 is 0 Å². The fourth-order valence-electron chi connectivity index (χ4n) is 1.50. The van der Waals surface area contributed by atoms with Gasteiger partial charge in [-0.2, -0.15) is 0 Å². The first-order valence-corrected chi connectivity index (χ1v) is 5.07. The maximum absolute atomic E-state index is 5.28. The molecule has 0 amide bonds. The summed E-state index contributed by atoms with van der Waals surface area (Å²) >= 11 is 0. The first-order chi connectivity index (χ1) is 7.07. The minimum atomic E-state index is 0.163. The van der Waals surface area contributed by atoms with Gasteiger partial charge in [0, 0.05) is 5.56 Å². The molecule has 0 radical (unpaired) electrons. The molecule has 0 N–H and O–H groups in total. The first kappa shape index (κ1) is 9.97. The Labute approximate surface area is 90.0 Å². The summed E-state index contributed by atoms with van der Waals surface area (Å²) in [5.41, 5.74) is 2.55. The van der Waals surface area contributed by atoms with E-state index in [2.05, 4.69) is 44.0 Å². The molecule has 78 valence electrons. The van der Waals surface area contributed by atoms with Crippen molar-refractivity contribution in [2.24, 2.45) is 0 Å². The predicted octanol–water partition coefficient (Wildman–Crippen LogP) is 3.64. The highest BCUT2D eigenvalue weighted by Crippen LogP contribution is 2.27. The maximum Gasteiger partial charge on any atom is 0.181 e. The van der Waals surface area contributed by atoms with Crippen LogP contribution in [0.4, 0.5) is 0 Å². The van der Waals surface area contributed by atoms with Crippen LogP contribution in [0, 0.1) is 0 Å². The fourth-order valence-corrected chi connectivity index (χ4v) is 1.50. The van der Waals surface area contributed by atoms with Crippen LogP contribution in [-0.4, -0.2) is 4.98 Å². The maximum atomic E-state index is 5.28. The van der Waals surface area contributed by atoms with Gasteiger partial charge >= 0.3 is 0 Å². The third-order valence-electron chi connectivity index (χ3n) is 2.45. The van der Waals surface area contributed by atoms with Gasteiger partial charge in [-0.25, -0.2) is 4.98 Å². The van der Waals surface area contributed by atoms with Gasteiger partial charge in [-0.15, -0.1) is 0 Å². The summed E-state index contributed by atoms with van der Waals surface area (Å²) in [7, 11) is 0. The van der Waals surface area contributed by atoms with Gasteiger partial charge in [0.25, 0.3) is 0 Å². The Hall–Kier alpha value is -1.57. The van der Waals surface area contributed by atoms with E-state index in [9.17, 15) is 0 Å². The number of benzene rings is 1. The summed E-state index contributed by atoms with van der Waals surface area (Å²) in [6.45, 7) is 6.60. The lowest BCUT2D eigenvalue weighted by molar-refractivity contribution is 0.570. The van der Waals surface area contributed by atoms with E-state index in [1.165, 1.54) is 12.0 Å². The zero-order valence-corrected chi connectivity index (χ0v) is 9.32. The van der Waals surface area contributed by atoms with Crippen LogP contribution >= 0.6 is 0 Å². The molecule has 0 aliphatic heterocycles. The van der Waals surface area contributed by atoms with Gasteiger partial charge in [-0.05, 0) is 17.0 Å². The Balaban J connectivity index is 2.44. The van der Waals surface area contributed by atoms with Gasteiger partial charge in [0.05, 0.1) is 6.20 Å². The number of nitrogens with zero attached hydrogens (tertiary/aromatic N) is 1. The van der Waals surface area contributed by atoms with Crippen molar-refractivity contribution in [1.82, 2.24) is 4.98 Å². The molecule has 0 bridgehead atoms. The molecule has 2 heteroatoms. The van der Waals surface area contributed by atoms with E-state index in [4.69, 9.17) is 4.42 Å². The molecule has 1 aromatic carbocycles. The van der Waals surface area contributed by atoms with Crippen LogP contribution in [0.15, 0.2) is 41.3 Å². The van der Waals surface area contributed by atoms with Crippen molar-refractivity contribution in [1.29, 1.82) is 0 Å². The third-order valence-corrected chi connectivity index (χ3v) is 2.45. The van der Waals surface area contributed by atoms with E-state index in [0.29, 0.717) is 0 Å². The molecule has 0 spiro atoms. The molecule has 0 unspecified atom stereocenters. The molecule has 0 saturated carbocycles. The molecule has 0 aliphatic rings. The molecule has 2 aromatic rings. The molecule has 0 fully saturated rings. The Bertz CT molecular complexity index is 438. The fraction of sp³-hybridized carbons (Fsp3) is 0.308. The average Bonchev–Trinajstić information content (AvgIpc) is 2.69. The van der Waals surface area contributed by atoms with Crippen molar-refractivity contribution >= 4 is 0 Å². The van der Waals surface area contributed by atoms with Crippen molar-refractivity contribution < 1.29 is 4.42 Å². The second-order valence-electron chi connectivity index (χ2n) is 4.70. The summed E-state index contributed by atoms with van der Waals surface area (Å²) in [6.07, 6.45) is 3.20. The highest BCUT2D eigenvalue weighted by Gasteiger charge is 2.14. The second kappa shape index (κ2) is 3.54. The number of hydrogen-bond acceptors (Lipinski definition) is 2. The van der Waals surface area contributed by atoms with Gasteiger partial charge in [0.2, 0.25) is 0 Å². The van der Waals surface area contributed by atoms with Crippen LogP contribution in [0.3, 0.4) is 0 Å². The summed E-state index contributed by atoms with van der Waals surface area (Å²) in [6, 6.07) is 8.38. The molecule has 1 heterocycles. The molecular formula is C13H15NO. The number of aromatic nitrogens is 1. The topological polar surface area (TPSA) is 26.0 Å². The summed E-state index contributed by atoms with van der Waals surface area (Å²) < 4.78 is 5.28. The van der Waals surface area contributed by atoms with Gasteiger partial charge in [0.15, 0.2) is 12.2 Å². The molecule has 15 heavy (non-hydrogen) atoms.